The zero-order chi connectivity index (χ0) is 15.2. The van der Waals surface area contributed by atoms with E-state index < -0.39 is 0 Å². The molecule has 2 aromatic rings. The van der Waals surface area contributed by atoms with Gasteiger partial charge in [0.1, 0.15) is 10.7 Å². The van der Waals surface area contributed by atoms with Gasteiger partial charge in [0, 0.05) is 29.7 Å². The number of nitrogens with zero attached hydrogens (tertiary/aromatic N) is 1. The summed E-state index contributed by atoms with van der Waals surface area (Å²) in [6.07, 6.45) is 0. The molecule has 21 heavy (non-hydrogen) atoms. The first-order valence-corrected chi connectivity index (χ1v) is 7.36. The minimum absolute atomic E-state index is 0.173. The zero-order valence-electron chi connectivity index (χ0n) is 11.6. The molecular formula is C14H16N4O2S. The van der Waals surface area contributed by atoms with Crippen LogP contribution in [0.1, 0.15) is 32.8 Å². The Bertz CT molecular complexity index is 654. The Hall–Kier alpha value is -2.25. The lowest BCUT2D eigenvalue weighted by atomic mass is 10.2. The van der Waals surface area contributed by atoms with Crippen LogP contribution in [0.2, 0.25) is 0 Å². The van der Waals surface area contributed by atoms with Crippen molar-refractivity contribution in [1.82, 2.24) is 10.3 Å². The van der Waals surface area contributed by atoms with Crippen LogP contribution in [0, 0.1) is 0 Å². The predicted octanol–water partition coefficient (Wildman–Crippen LogP) is 1.60. The van der Waals surface area contributed by atoms with E-state index in [0.717, 1.165) is 0 Å². The Balaban J connectivity index is 2.10. The highest BCUT2D eigenvalue weighted by Crippen LogP contribution is 2.14. The number of benzene rings is 1. The number of hydrogen-bond acceptors (Lipinski definition) is 5. The molecule has 0 aliphatic rings. The van der Waals surface area contributed by atoms with E-state index in [9.17, 15) is 9.59 Å². The first-order chi connectivity index (χ1) is 10.1. The number of carbonyl (C=O) groups excluding carboxylic acids is 2. The molecule has 0 radical (unpaired) electrons. The Morgan fingerprint density at radius 1 is 1.33 bits per heavy atom. The van der Waals surface area contributed by atoms with Crippen LogP contribution in [0.25, 0.3) is 0 Å². The third-order valence-electron chi connectivity index (χ3n) is 2.68. The maximum absolute atomic E-state index is 12.0. The summed E-state index contributed by atoms with van der Waals surface area (Å²) in [6.45, 7) is 2.71. The lowest BCUT2D eigenvalue weighted by molar-refractivity contribution is 0.0954. The number of rotatable bonds is 5. The molecule has 0 atom stereocenters. The summed E-state index contributed by atoms with van der Waals surface area (Å²) < 4.78 is 0. The smallest absolute Gasteiger partial charge is 0.275 e. The quantitative estimate of drug-likeness (QED) is 0.781. The van der Waals surface area contributed by atoms with Gasteiger partial charge < -0.3 is 16.4 Å². The normalized spacial score (nSPS) is 10.2. The van der Waals surface area contributed by atoms with Crippen LogP contribution >= 0.6 is 11.3 Å². The molecule has 0 spiro atoms. The van der Waals surface area contributed by atoms with Gasteiger partial charge in [-0.15, -0.1) is 11.3 Å². The van der Waals surface area contributed by atoms with Gasteiger partial charge in [-0.25, -0.2) is 4.98 Å². The van der Waals surface area contributed by atoms with Crippen LogP contribution < -0.4 is 16.4 Å². The molecular weight excluding hydrogens is 288 g/mol. The summed E-state index contributed by atoms with van der Waals surface area (Å²) in [7, 11) is 0. The van der Waals surface area contributed by atoms with Crippen molar-refractivity contribution in [2.45, 2.75) is 13.5 Å². The average molecular weight is 304 g/mol. The highest BCUT2D eigenvalue weighted by molar-refractivity contribution is 7.09. The lowest BCUT2D eigenvalue weighted by Crippen LogP contribution is -2.22. The van der Waals surface area contributed by atoms with Crippen molar-refractivity contribution in [1.29, 1.82) is 0 Å². The van der Waals surface area contributed by atoms with Gasteiger partial charge in [0.2, 0.25) is 0 Å². The summed E-state index contributed by atoms with van der Waals surface area (Å²) >= 11 is 1.34. The van der Waals surface area contributed by atoms with Gasteiger partial charge in [-0.3, -0.25) is 9.59 Å². The lowest BCUT2D eigenvalue weighted by Gasteiger charge is -2.06. The van der Waals surface area contributed by atoms with E-state index >= 15 is 0 Å². The summed E-state index contributed by atoms with van der Waals surface area (Å²) in [4.78, 5) is 27.9. The molecule has 1 aromatic carbocycles. The molecule has 0 aliphatic carbocycles. The topological polar surface area (TPSA) is 97.1 Å². The number of carbonyl (C=O) groups is 2. The Kier molecular flexibility index (Phi) is 5.02. The highest BCUT2D eigenvalue weighted by Gasteiger charge is 2.11. The van der Waals surface area contributed by atoms with Crippen molar-refractivity contribution in [3.63, 3.8) is 0 Å². The second kappa shape index (κ2) is 6.96. The molecule has 1 heterocycles. The van der Waals surface area contributed by atoms with Crippen molar-refractivity contribution in [2.75, 3.05) is 11.9 Å². The molecule has 4 N–H and O–H groups in total. The van der Waals surface area contributed by atoms with Crippen molar-refractivity contribution in [2.24, 2.45) is 5.73 Å². The van der Waals surface area contributed by atoms with E-state index in [2.05, 4.69) is 15.6 Å². The van der Waals surface area contributed by atoms with Gasteiger partial charge in [0.25, 0.3) is 11.8 Å². The largest absolute Gasteiger partial charge is 0.352 e. The van der Waals surface area contributed by atoms with Crippen LogP contribution in [0.3, 0.4) is 0 Å². The van der Waals surface area contributed by atoms with Crippen LogP contribution in [-0.2, 0) is 6.54 Å². The van der Waals surface area contributed by atoms with E-state index in [1.54, 1.807) is 29.6 Å². The minimum atomic E-state index is -0.320. The Morgan fingerprint density at radius 2 is 2.14 bits per heavy atom. The standard InChI is InChI=1S/C14H16N4O2S/c1-2-16-13(19)9-4-3-5-10(6-9)17-14(20)11-8-21-12(7-15)18-11/h3-6,8H,2,7,15H2,1H3,(H,16,19)(H,17,20). The highest BCUT2D eigenvalue weighted by atomic mass is 32.1. The second-order valence-electron chi connectivity index (χ2n) is 4.22. The van der Waals surface area contributed by atoms with E-state index in [1.807, 2.05) is 6.92 Å². The Labute approximate surface area is 126 Å². The molecule has 7 heteroatoms. The van der Waals surface area contributed by atoms with Crippen LogP contribution in [0.15, 0.2) is 29.6 Å². The third kappa shape index (κ3) is 3.87. The molecule has 0 aliphatic heterocycles. The summed E-state index contributed by atoms with van der Waals surface area (Å²) in [6, 6.07) is 6.75. The molecule has 0 bridgehead atoms. The Morgan fingerprint density at radius 3 is 2.81 bits per heavy atom. The average Bonchev–Trinajstić information content (AvgIpc) is 2.97. The number of aromatic nitrogens is 1. The maximum atomic E-state index is 12.0. The van der Waals surface area contributed by atoms with Crippen LogP contribution in [0.5, 0.6) is 0 Å². The molecule has 0 saturated heterocycles. The number of anilines is 1. The zero-order valence-corrected chi connectivity index (χ0v) is 12.4. The SMILES string of the molecule is CCNC(=O)c1cccc(NC(=O)c2csc(CN)n2)c1. The number of amides is 2. The van der Waals surface area contributed by atoms with E-state index in [-0.39, 0.29) is 11.8 Å². The van der Waals surface area contributed by atoms with Crippen LogP contribution in [-0.4, -0.2) is 23.3 Å². The molecule has 0 unspecified atom stereocenters. The molecule has 1 aromatic heterocycles. The minimum Gasteiger partial charge on any atom is -0.352 e. The summed E-state index contributed by atoms with van der Waals surface area (Å²) in [5.41, 5.74) is 6.84. The van der Waals surface area contributed by atoms with Crippen molar-refractivity contribution >= 4 is 28.8 Å². The van der Waals surface area contributed by atoms with Gasteiger partial charge in [-0.2, -0.15) is 0 Å². The van der Waals surface area contributed by atoms with Gasteiger partial charge >= 0.3 is 0 Å². The fourth-order valence-corrected chi connectivity index (χ4v) is 2.36. The first-order valence-electron chi connectivity index (χ1n) is 6.48. The van der Waals surface area contributed by atoms with E-state index in [4.69, 9.17) is 5.73 Å². The van der Waals surface area contributed by atoms with Crippen molar-refractivity contribution in [3.05, 3.63) is 45.9 Å². The summed E-state index contributed by atoms with van der Waals surface area (Å²) in [5.74, 6) is -0.494. The molecule has 110 valence electrons. The fourth-order valence-electron chi connectivity index (χ4n) is 1.70. The number of nitrogens with one attached hydrogen (secondary N) is 2. The monoisotopic (exact) mass is 304 g/mol. The third-order valence-corrected chi connectivity index (χ3v) is 3.55. The predicted molar refractivity (Wildman–Crippen MR) is 82.4 cm³/mol. The molecule has 2 rings (SSSR count). The molecule has 0 saturated carbocycles. The first kappa shape index (κ1) is 15.1. The van der Waals surface area contributed by atoms with Crippen molar-refractivity contribution in [3.8, 4) is 0 Å². The van der Waals surface area contributed by atoms with E-state index in [0.29, 0.717) is 35.0 Å². The van der Waals surface area contributed by atoms with Gasteiger partial charge in [-0.05, 0) is 25.1 Å². The van der Waals surface area contributed by atoms with Gasteiger partial charge in [0.15, 0.2) is 0 Å². The number of hydrogen-bond donors (Lipinski definition) is 3. The molecule has 6 nitrogen and oxygen atoms in total. The van der Waals surface area contributed by atoms with Crippen LogP contribution in [0.4, 0.5) is 5.69 Å². The van der Waals surface area contributed by atoms with Crippen molar-refractivity contribution < 1.29 is 9.59 Å². The molecule has 0 fully saturated rings. The number of nitrogens with two attached hydrogens (primary N) is 1. The fraction of sp³-hybridized carbons (Fsp3) is 0.214. The van der Waals surface area contributed by atoms with Gasteiger partial charge in [-0.1, -0.05) is 6.07 Å². The van der Waals surface area contributed by atoms with E-state index in [1.165, 1.54) is 11.3 Å². The maximum Gasteiger partial charge on any atom is 0.275 e. The summed E-state index contributed by atoms with van der Waals surface area (Å²) in [5, 5.41) is 7.79. The number of thiazole rings is 1. The molecule has 2 amide bonds. The van der Waals surface area contributed by atoms with Gasteiger partial charge in [0.05, 0.1) is 0 Å². The second-order valence-corrected chi connectivity index (χ2v) is 5.17.